The van der Waals surface area contributed by atoms with E-state index in [1.165, 1.54) is 32.1 Å². The summed E-state index contributed by atoms with van der Waals surface area (Å²) in [6.07, 6.45) is 8.76. The molecule has 0 heterocycles. The lowest BCUT2D eigenvalue weighted by atomic mass is 9.98. The summed E-state index contributed by atoms with van der Waals surface area (Å²) in [6, 6.07) is 7.67. The van der Waals surface area contributed by atoms with E-state index < -0.39 is 0 Å². The number of carbonyl (C=O) groups excluding carboxylic acids is 1. The van der Waals surface area contributed by atoms with Crippen molar-refractivity contribution in [3.63, 3.8) is 0 Å². The molecule has 1 aromatic rings. The SMILES string of the molecule is CCCNC(=O)c1cccc(CN=C(NCC)NCCCOC2CCCCC2)c1. The molecule has 1 fully saturated rings. The first-order valence-electron chi connectivity index (χ1n) is 11.2. The van der Waals surface area contributed by atoms with Gasteiger partial charge in [0.2, 0.25) is 0 Å². The minimum Gasteiger partial charge on any atom is -0.378 e. The summed E-state index contributed by atoms with van der Waals surface area (Å²) in [5.41, 5.74) is 1.70. The highest BCUT2D eigenvalue weighted by atomic mass is 16.5. The number of carbonyl (C=O) groups is 1. The van der Waals surface area contributed by atoms with Crippen molar-refractivity contribution in [1.29, 1.82) is 0 Å². The highest BCUT2D eigenvalue weighted by Gasteiger charge is 2.13. The van der Waals surface area contributed by atoms with Crippen LogP contribution in [0.3, 0.4) is 0 Å². The number of nitrogens with one attached hydrogen (secondary N) is 3. The van der Waals surface area contributed by atoms with Crippen LogP contribution >= 0.6 is 0 Å². The zero-order valence-corrected chi connectivity index (χ0v) is 18.1. The number of nitrogens with zero attached hydrogens (tertiary/aromatic N) is 1. The van der Waals surface area contributed by atoms with Gasteiger partial charge in [0, 0.05) is 31.8 Å². The molecule has 1 aliphatic carbocycles. The van der Waals surface area contributed by atoms with Crippen molar-refractivity contribution in [1.82, 2.24) is 16.0 Å². The Labute approximate surface area is 175 Å². The zero-order chi connectivity index (χ0) is 20.7. The van der Waals surface area contributed by atoms with E-state index in [1.807, 2.05) is 31.2 Å². The van der Waals surface area contributed by atoms with E-state index in [2.05, 4.69) is 27.9 Å². The summed E-state index contributed by atoms with van der Waals surface area (Å²) in [5, 5.41) is 9.56. The van der Waals surface area contributed by atoms with E-state index in [0.717, 1.165) is 44.1 Å². The highest BCUT2D eigenvalue weighted by Crippen LogP contribution is 2.20. The maximum atomic E-state index is 12.1. The molecule has 6 nitrogen and oxygen atoms in total. The van der Waals surface area contributed by atoms with Gasteiger partial charge in [-0.3, -0.25) is 4.79 Å². The largest absolute Gasteiger partial charge is 0.378 e. The summed E-state index contributed by atoms with van der Waals surface area (Å²) < 4.78 is 5.98. The third kappa shape index (κ3) is 9.31. The first-order chi connectivity index (χ1) is 14.2. The molecule has 0 radical (unpaired) electrons. The third-order valence-corrected chi connectivity index (χ3v) is 5.01. The standard InChI is InChI=1S/C23H38N4O2/c1-3-14-25-22(28)20-11-8-10-19(17-20)18-27-23(24-4-2)26-15-9-16-29-21-12-6-5-7-13-21/h8,10-11,17,21H,3-7,9,12-16,18H2,1-2H3,(H,25,28)(H2,24,26,27). The fourth-order valence-electron chi connectivity index (χ4n) is 3.42. The van der Waals surface area contributed by atoms with Crippen molar-refractivity contribution in [2.45, 2.75) is 71.4 Å². The topological polar surface area (TPSA) is 74.8 Å². The molecule has 1 amide bonds. The van der Waals surface area contributed by atoms with Gasteiger partial charge in [-0.2, -0.15) is 0 Å². The molecule has 0 saturated heterocycles. The fraction of sp³-hybridized carbons (Fsp3) is 0.652. The molecule has 2 rings (SSSR count). The van der Waals surface area contributed by atoms with E-state index in [1.54, 1.807) is 0 Å². The van der Waals surface area contributed by atoms with Crippen LogP contribution in [0.4, 0.5) is 0 Å². The van der Waals surface area contributed by atoms with Crippen LogP contribution in [0.15, 0.2) is 29.3 Å². The second-order valence-corrected chi connectivity index (χ2v) is 7.56. The number of rotatable bonds is 11. The minimum absolute atomic E-state index is 0.0272. The highest BCUT2D eigenvalue weighted by molar-refractivity contribution is 5.94. The number of aliphatic imine (C=N–C) groups is 1. The van der Waals surface area contributed by atoms with Crippen LogP contribution in [0.25, 0.3) is 0 Å². The molecule has 6 heteroatoms. The predicted octanol–water partition coefficient (Wildman–Crippen LogP) is 3.62. The maximum Gasteiger partial charge on any atom is 0.251 e. The molecule has 0 unspecified atom stereocenters. The lowest BCUT2D eigenvalue weighted by molar-refractivity contribution is 0.0277. The van der Waals surface area contributed by atoms with Crippen molar-refractivity contribution >= 4 is 11.9 Å². The Morgan fingerprint density at radius 1 is 1.10 bits per heavy atom. The van der Waals surface area contributed by atoms with Crippen LogP contribution in [-0.2, 0) is 11.3 Å². The van der Waals surface area contributed by atoms with Gasteiger partial charge >= 0.3 is 0 Å². The lowest BCUT2D eigenvalue weighted by Gasteiger charge is -2.22. The van der Waals surface area contributed by atoms with E-state index in [-0.39, 0.29) is 5.91 Å². The Morgan fingerprint density at radius 3 is 2.69 bits per heavy atom. The molecule has 0 aliphatic heterocycles. The van der Waals surface area contributed by atoms with Gasteiger partial charge in [0.1, 0.15) is 0 Å². The van der Waals surface area contributed by atoms with Crippen molar-refractivity contribution in [3.8, 4) is 0 Å². The number of ether oxygens (including phenoxy) is 1. The Morgan fingerprint density at radius 2 is 1.93 bits per heavy atom. The van der Waals surface area contributed by atoms with Crippen LogP contribution in [-0.4, -0.2) is 44.2 Å². The van der Waals surface area contributed by atoms with Gasteiger partial charge in [0.25, 0.3) is 5.91 Å². The Hall–Kier alpha value is -2.08. The summed E-state index contributed by atoms with van der Waals surface area (Å²) in [6.45, 7) is 7.77. The van der Waals surface area contributed by atoms with Crippen LogP contribution in [0, 0.1) is 0 Å². The van der Waals surface area contributed by atoms with Gasteiger partial charge in [-0.05, 0) is 50.3 Å². The van der Waals surface area contributed by atoms with Gasteiger partial charge in [-0.15, -0.1) is 0 Å². The monoisotopic (exact) mass is 402 g/mol. The summed E-state index contributed by atoms with van der Waals surface area (Å²) in [5.74, 6) is 0.770. The molecule has 0 spiro atoms. The summed E-state index contributed by atoms with van der Waals surface area (Å²) >= 11 is 0. The molecule has 1 aliphatic rings. The fourth-order valence-corrected chi connectivity index (χ4v) is 3.42. The quantitative estimate of drug-likeness (QED) is 0.300. The molecular formula is C23H38N4O2. The number of amides is 1. The molecule has 0 bridgehead atoms. The van der Waals surface area contributed by atoms with Crippen LogP contribution in [0.5, 0.6) is 0 Å². The Kier molecular flexibility index (Phi) is 11.2. The van der Waals surface area contributed by atoms with Gasteiger partial charge in [-0.1, -0.05) is 38.3 Å². The normalized spacial score (nSPS) is 15.2. The summed E-state index contributed by atoms with van der Waals surface area (Å²) in [4.78, 5) is 16.8. The molecule has 0 atom stereocenters. The van der Waals surface area contributed by atoms with Gasteiger partial charge in [0.15, 0.2) is 5.96 Å². The smallest absolute Gasteiger partial charge is 0.251 e. The first-order valence-corrected chi connectivity index (χ1v) is 11.2. The summed E-state index contributed by atoms with van der Waals surface area (Å²) in [7, 11) is 0. The Bertz CT molecular complexity index is 627. The molecule has 162 valence electrons. The molecule has 29 heavy (non-hydrogen) atoms. The number of guanidine groups is 1. The van der Waals surface area contributed by atoms with Crippen molar-refractivity contribution in [2.75, 3.05) is 26.2 Å². The third-order valence-electron chi connectivity index (χ3n) is 5.01. The van der Waals surface area contributed by atoms with E-state index in [9.17, 15) is 4.79 Å². The second-order valence-electron chi connectivity index (χ2n) is 7.56. The van der Waals surface area contributed by atoms with Crippen LogP contribution in [0.1, 0.15) is 74.7 Å². The van der Waals surface area contributed by atoms with Crippen molar-refractivity contribution in [3.05, 3.63) is 35.4 Å². The van der Waals surface area contributed by atoms with Crippen molar-refractivity contribution < 1.29 is 9.53 Å². The molecule has 0 aromatic heterocycles. The zero-order valence-electron chi connectivity index (χ0n) is 18.1. The molecule has 1 aromatic carbocycles. The molecule has 1 saturated carbocycles. The number of hydrogen-bond acceptors (Lipinski definition) is 3. The van der Waals surface area contributed by atoms with Gasteiger partial charge in [-0.25, -0.2) is 4.99 Å². The minimum atomic E-state index is -0.0272. The van der Waals surface area contributed by atoms with Crippen molar-refractivity contribution in [2.24, 2.45) is 4.99 Å². The van der Waals surface area contributed by atoms with E-state index in [4.69, 9.17) is 4.74 Å². The number of hydrogen-bond donors (Lipinski definition) is 3. The first kappa shape index (κ1) is 23.2. The average molecular weight is 403 g/mol. The van der Waals surface area contributed by atoms with E-state index >= 15 is 0 Å². The van der Waals surface area contributed by atoms with Crippen LogP contribution in [0.2, 0.25) is 0 Å². The lowest BCUT2D eigenvalue weighted by Crippen LogP contribution is -2.38. The average Bonchev–Trinajstić information content (AvgIpc) is 2.76. The Balaban J connectivity index is 1.76. The molecule has 3 N–H and O–H groups in total. The second kappa shape index (κ2) is 14.0. The molecular weight excluding hydrogens is 364 g/mol. The van der Waals surface area contributed by atoms with Crippen LogP contribution < -0.4 is 16.0 Å². The van der Waals surface area contributed by atoms with Gasteiger partial charge in [0.05, 0.1) is 12.6 Å². The number of benzene rings is 1. The predicted molar refractivity (Wildman–Crippen MR) is 119 cm³/mol. The maximum absolute atomic E-state index is 12.1. The van der Waals surface area contributed by atoms with Gasteiger partial charge < -0.3 is 20.7 Å². The van der Waals surface area contributed by atoms with E-state index in [0.29, 0.717) is 24.8 Å².